The van der Waals surface area contributed by atoms with E-state index in [0.29, 0.717) is 12.8 Å². The van der Waals surface area contributed by atoms with Crippen LogP contribution >= 0.6 is 0 Å². The van der Waals surface area contributed by atoms with Crippen LogP contribution in [0.25, 0.3) is 0 Å². The van der Waals surface area contributed by atoms with Crippen LogP contribution in [-0.4, -0.2) is 19.0 Å². The summed E-state index contributed by atoms with van der Waals surface area (Å²) in [6, 6.07) is 14.3. The first kappa shape index (κ1) is 15.2. The van der Waals surface area contributed by atoms with Crippen LogP contribution in [-0.2, 0) is 14.3 Å². The van der Waals surface area contributed by atoms with Gasteiger partial charge in [-0.2, -0.15) is 0 Å². The molecule has 0 amide bonds. The Bertz CT molecular complexity index is 1070. The van der Waals surface area contributed by atoms with Gasteiger partial charge in [-0.25, -0.2) is 0 Å². The van der Waals surface area contributed by atoms with Crippen LogP contribution in [0, 0.1) is 10.8 Å². The lowest BCUT2D eigenvalue weighted by Crippen LogP contribution is -2.59. The van der Waals surface area contributed by atoms with Crippen molar-refractivity contribution in [2.24, 2.45) is 10.8 Å². The molecule has 0 unspecified atom stereocenters. The van der Waals surface area contributed by atoms with E-state index >= 15 is 0 Å². The molecule has 2 aromatic carbocycles. The zero-order valence-corrected chi connectivity index (χ0v) is 14.9. The molecule has 4 aliphatic carbocycles. The largest absolute Gasteiger partial charge is 0.497 e. The van der Waals surface area contributed by atoms with Crippen LogP contribution in [0.5, 0.6) is 5.75 Å². The number of carbonyl (C=O) groups is 2. The van der Waals surface area contributed by atoms with Crippen molar-refractivity contribution in [1.82, 2.24) is 0 Å². The monoisotopic (exact) mass is 358 g/mol. The normalized spacial score (nSPS) is 34.4. The summed E-state index contributed by atoms with van der Waals surface area (Å²) in [4.78, 5) is 26.4. The number of cyclic esters (lactones) is 2. The highest BCUT2D eigenvalue weighted by Gasteiger charge is 2.78. The zero-order chi connectivity index (χ0) is 18.4. The molecule has 0 aromatic heterocycles. The molecule has 0 N–H and O–H groups in total. The van der Waals surface area contributed by atoms with E-state index in [2.05, 4.69) is 18.2 Å². The van der Waals surface area contributed by atoms with Crippen LogP contribution < -0.4 is 4.74 Å². The van der Waals surface area contributed by atoms with Gasteiger partial charge in [0.15, 0.2) is 0 Å². The van der Waals surface area contributed by atoms with Crippen LogP contribution in [0.3, 0.4) is 0 Å². The van der Waals surface area contributed by atoms with Gasteiger partial charge in [-0.1, -0.05) is 42.5 Å². The van der Waals surface area contributed by atoms with Gasteiger partial charge in [0.1, 0.15) is 16.6 Å². The maximum Gasteiger partial charge on any atom is 0.322 e. The molecule has 4 heteroatoms. The minimum Gasteiger partial charge on any atom is -0.497 e. The molecule has 2 aromatic rings. The van der Waals surface area contributed by atoms with E-state index in [1.807, 2.05) is 36.4 Å². The van der Waals surface area contributed by atoms with E-state index in [4.69, 9.17) is 9.47 Å². The van der Waals surface area contributed by atoms with Crippen molar-refractivity contribution in [2.75, 3.05) is 7.11 Å². The summed E-state index contributed by atoms with van der Waals surface area (Å²) in [5.74, 6) is -0.335. The third-order valence-corrected chi connectivity index (χ3v) is 7.28. The Kier molecular flexibility index (Phi) is 2.64. The fourth-order valence-corrected chi connectivity index (χ4v) is 6.31. The number of ether oxygens (including phenoxy) is 2. The summed E-state index contributed by atoms with van der Waals surface area (Å²) in [7, 11) is 1.65. The molecule has 4 nitrogen and oxygen atoms in total. The average molecular weight is 358 g/mol. The van der Waals surface area contributed by atoms with Crippen LogP contribution in [0.2, 0.25) is 0 Å². The maximum atomic E-state index is 13.2. The molecule has 134 valence electrons. The quantitative estimate of drug-likeness (QED) is 0.443. The summed E-state index contributed by atoms with van der Waals surface area (Å²) < 4.78 is 10.9. The smallest absolute Gasteiger partial charge is 0.322 e. The number of rotatable bonds is 1. The Balaban J connectivity index is 1.78. The molecule has 27 heavy (non-hydrogen) atoms. The van der Waals surface area contributed by atoms with Crippen LogP contribution in [0.4, 0.5) is 0 Å². The number of allylic oxidation sites excluding steroid dienone is 2. The molecule has 1 saturated heterocycles. The lowest BCUT2D eigenvalue weighted by atomic mass is 9.38. The van der Waals surface area contributed by atoms with Gasteiger partial charge in [0.2, 0.25) is 0 Å². The Morgan fingerprint density at radius 1 is 0.852 bits per heavy atom. The molecule has 1 fully saturated rings. The SMILES string of the molecule is COc1ccc2c(c1)[C@@H]1c3ccccc3[C@H]2[C@@]23CC=CC[C@@]12C(=O)OC3=O. The summed E-state index contributed by atoms with van der Waals surface area (Å²) >= 11 is 0. The van der Waals surface area contributed by atoms with Crippen LogP contribution in [0.15, 0.2) is 54.6 Å². The number of methoxy groups -OCH3 is 1. The fraction of sp³-hybridized carbons (Fsp3) is 0.304. The molecule has 0 radical (unpaired) electrons. The third kappa shape index (κ3) is 1.42. The van der Waals surface area contributed by atoms with Gasteiger partial charge in [-0.05, 0) is 47.2 Å². The Hall–Kier alpha value is -2.88. The third-order valence-electron chi connectivity index (χ3n) is 7.28. The molecule has 4 atom stereocenters. The van der Waals surface area contributed by atoms with E-state index < -0.39 is 10.8 Å². The van der Waals surface area contributed by atoms with Crippen molar-refractivity contribution < 1.29 is 19.1 Å². The second kappa shape index (κ2) is 4.69. The zero-order valence-electron chi connectivity index (χ0n) is 14.9. The van der Waals surface area contributed by atoms with Gasteiger partial charge in [-0.15, -0.1) is 0 Å². The minimum absolute atomic E-state index is 0.177. The first-order valence-electron chi connectivity index (χ1n) is 9.33. The fourth-order valence-electron chi connectivity index (χ4n) is 6.31. The molecule has 2 bridgehead atoms. The highest BCUT2D eigenvalue weighted by Crippen LogP contribution is 2.75. The van der Waals surface area contributed by atoms with Gasteiger partial charge in [0, 0.05) is 11.8 Å². The lowest BCUT2D eigenvalue weighted by Gasteiger charge is -2.59. The highest BCUT2D eigenvalue weighted by molar-refractivity contribution is 6.06. The number of esters is 2. The van der Waals surface area contributed by atoms with Crippen molar-refractivity contribution in [3.05, 3.63) is 76.9 Å². The van der Waals surface area contributed by atoms with E-state index in [1.165, 1.54) is 0 Å². The number of carbonyl (C=O) groups excluding carboxylic acids is 2. The Labute approximate surface area is 156 Å². The second-order valence-electron chi connectivity index (χ2n) is 7.99. The molecular weight excluding hydrogens is 340 g/mol. The molecule has 0 saturated carbocycles. The molecule has 5 aliphatic rings. The Morgan fingerprint density at radius 3 is 2.00 bits per heavy atom. The van der Waals surface area contributed by atoms with E-state index in [0.717, 1.165) is 28.0 Å². The first-order valence-corrected chi connectivity index (χ1v) is 9.33. The van der Waals surface area contributed by atoms with E-state index in [1.54, 1.807) is 7.11 Å². The number of hydrogen-bond donors (Lipinski definition) is 0. The lowest BCUT2D eigenvalue weighted by molar-refractivity contribution is -0.156. The second-order valence-corrected chi connectivity index (χ2v) is 7.99. The van der Waals surface area contributed by atoms with Gasteiger partial charge in [0.25, 0.3) is 0 Å². The predicted octanol–water partition coefficient (Wildman–Crippen LogP) is 3.69. The average Bonchev–Trinajstić information content (AvgIpc) is 2.95. The molecule has 1 heterocycles. The van der Waals surface area contributed by atoms with Crippen molar-refractivity contribution in [3.8, 4) is 5.75 Å². The van der Waals surface area contributed by atoms with Gasteiger partial charge >= 0.3 is 11.9 Å². The minimum atomic E-state index is -0.864. The standard InChI is InChI=1S/C23H18O4/c1-26-13-8-9-16-17(12-13)19-15-7-3-2-6-14(15)18(16)22-10-4-5-11-23(19,22)21(25)27-20(22)24/h2-9,12,18-19H,10-11H2,1H3/t18-,19+,22-,23+/m1/s1. The van der Waals surface area contributed by atoms with Crippen LogP contribution in [0.1, 0.15) is 46.9 Å². The molecule has 1 aliphatic heterocycles. The molecular formula is C23H18O4. The number of hydrogen-bond acceptors (Lipinski definition) is 4. The van der Waals surface area contributed by atoms with Crippen molar-refractivity contribution in [3.63, 3.8) is 0 Å². The highest BCUT2D eigenvalue weighted by atomic mass is 16.6. The van der Waals surface area contributed by atoms with Gasteiger partial charge in [-0.3, -0.25) is 9.59 Å². The Morgan fingerprint density at radius 2 is 1.41 bits per heavy atom. The van der Waals surface area contributed by atoms with E-state index in [-0.39, 0.29) is 23.8 Å². The molecule has 7 rings (SSSR count). The molecule has 0 spiro atoms. The van der Waals surface area contributed by atoms with Crippen molar-refractivity contribution >= 4 is 11.9 Å². The topological polar surface area (TPSA) is 52.6 Å². The summed E-state index contributed by atoms with van der Waals surface area (Å²) in [6.07, 6.45) is 5.16. The number of benzene rings is 2. The van der Waals surface area contributed by atoms with E-state index in [9.17, 15) is 9.59 Å². The van der Waals surface area contributed by atoms with Gasteiger partial charge in [0.05, 0.1) is 7.11 Å². The van der Waals surface area contributed by atoms with Gasteiger partial charge < -0.3 is 9.47 Å². The van der Waals surface area contributed by atoms with Crippen molar-refractivity contribution in [2.45, 2.75) is 24.7 Å². The maximum absolute atomic E-state index is 13.2. The summed E-state index contributed by atoms with van der Waals surface area (Å²) in [5.41, 5.74) is 2.79. The summed E-state index contributed by atoms with van der Waals surface area (Å²) in [6.45, 7) is 0. The summed E-state index contributed by atoms with van der Waals surface area (Å²) in [5, 5.41) is 0. The van der Waals surface area contributed by atoms with Crippen molar-refractivity contribution in [1.29, 1.82) is 0 Å². The first-order chi connectivity index (χ1) is 13.1. The predicted molar refractivity (Wildman–Crippen MR) is 97.5 cm³/mol.